The van der Waals surface area contributed by atoms with E-state index in [0.717, 1.165) is 16.6 Å². The van der Waals surface area contributed by atoms with Gasteiger partial charge < -0.3 is 4.42 Å². The minimum absolute atomic E-state index is 0.0669. The van der Waals surface area contributed by atoms with E-state index >= 15 is 0 Å². The number of anilines is 1. The van der Waals surface area contributed by atoms with E-state index in [4.69, 9.17) is 16.0 Å². The molecule has 2 aromatic carbocycles. The second-order valence-corrected chi connectivity index (χ2v) is 10.0. The van der Waals surface area contributed by atoms with Crippen molar-refractivity contribution in [2.45, 2.75) is 16.3 Å². The third kappa shape index (κ3) is 4.18. The van der Waals surface area contributed by atoms with Crippen LogP contribution in [0, 0.1) is 0 Å². The number of sulfonamides is 1. The Labute approximate surface area is 163 Å². The third-order valence-electron chi connectivity index (χ3n) is 3.82. The fraction of sp³-hybridized carbons (Fsp3) is 0.111. The number of sulfone groups is 1. The summed E-state index contributed by atoms with van der Waals surface area (Å²) < 4.78 is 56.8. The van der Waals surface area contributed by atoms with Gasteiger partial charge >= 0.3 is 0 Å². The molecule has 0 saturated heterocycles. The van der Waals surface area contributed by atoms with Crippen LogP contribution in [0.4, 0.5) is 5.69 Å². The summed E-state index contributed by atoms with van der Waals surface area (Å²) in [6.45, 7) is -0.0707. The molecule has 0 spiro atoms. The van der Waals surface area contributed by atoms with Crippen LogP contribution in [0.1, 0.15) is 5.76 Å². The molecule has 0 aliphatic carbocycles. The molecule has 142 valence electrons. The zero-order valence-electron chi connectivity index (χ0n) is 14.2. The smallest absolute Gasteiger partial charge is 0.266 e. The van der Waals surface area contributed by atoms with Gasteiger partial charge in [-0.25, -0.2) is 16.8 Å². The van der Waals surface area contributed by atoms with E-state index in [1.165, 1.54) is 18.4 Å². The van der Waals surface area contributed by atoms with Crippen LogP contribution in [-0.4, -0.2) is 23.1 Å². The van der Waals surface area contributed by atoms with Gasteiger partial charge in [0, 0.05) is 6.26 Å². The SMILES string of the molecule is CS(=O)(=O)c1ccc(Cl)c(S(=O)(=O)N(Cc2ccco2)c2ccccc2)c1. The number of furan rings is 1. The average molecular weight is 426 g/mol. The lowest BCUT2D eigenvalue weighted by Gasteiger charge is -2.24. The fourth-order valence-corrected chi connectivity index (χ4v) is 5.14. The standard InChI is InChI=1S/C18H16ClNO5S2/c1-26(21,22)16-9-10-17(19)18(12-16)27(23,24)20(13-15-8-5-11-25-15)14-6-3-2-4-7-14/h2-12H,13H2,1H3. The lowest BCUT2D eigenvalue weighted by Crippen LogP contribution is -2.30. The first-order chi connectivity index (χ1) is 12.7. The van der Waals surface area contributed by atoms with Crippen molar-refractivity contribution in [2.75, 3.05) is 10.6 Å². The predicted octanol–water partition coefficient (Wildman–Crippen LogP) is 3.73. The van der Waals surface area contributed by atoms with E-state index in [1.54, 1.807) is 42.5 Å². The molecule has 3 rings (SSSR count). The lowest BCUT2D eigenvalue weighted by atomic mass is 10.3. The van der Waals surface area contributed by atoms with Gasteiger partial charge in [0.25, 0.3) is 10.0 Å². The molecule has 0 saturated carbocycles. The average Bonchev–Trinajstić information content (AvgIpc) is 3.13. The van der Waals surface area contributed by atoms with Crippen LogP contribution in [0.3, 0.4) is 0 Å². The van der Waals surface area contributed by atoms with Crippen LogP contribution in [0.2, 0.25) is 5.02 Å². The molecule has 0 radical (unpaired) electrons. The monoisotopic (exact) mass is 425 g/mol. The highest BCUT2D eigenvalue weighted by Gasteiger charge is 2.29. The molecular weight excluding hydrogens is 410 g/mol. The number of nitrogens with zero attached hydrogens (tertiary/aromatic N) is 1. The van der Waals surface area contributed by atoms with Crippen molar-refractivity contribution in [3.05, 3.63) is 77.7 Å². The van der Waals surface area contributed by atoms with Crippen LogP contribution in [-0.2, 0) is 26.4 Å². The van der Waals surface area contributed by atoms with Crippen LogP contribution in [0.15, 0.2) is 81.1 Å². The van der Waals surface area contributed by atoms with Gasteiger partial charge in [-0.2, -0.15) is 0 Å². The van der Waals surface area contributed by atoms with E-state index in [1.807, 2.05) is 0 Å². The Morgan fingerprint density at radius 1 is 0.963 bits per heavy atom. The van der Waals surface area contributed by atoms with Crippen molar-refractivity contribution in [1.82, 2.24) is 0 Å². The molecule has 9 heteroatoms. The number of hydrogen-bond acceptors (Lipinski definition) is 5. The topological polar surface area (TPSA) is 84.7 Å². The van der Waals surface area contributed by atoms with Gasteiger partial charge in [-0.3, -0.25) is 4.31 Å². The maximum Gasteiger partial charge on any atom is 0.266 e. The Morgan fingerprint density at radius 3 is 2.26 bits per heavy atom. The lowest BCUT2D eigenvalue weighted by molar-refractivity contribution is 0.508. The third-order valence-corrected chi connectivity index (χ3v) is 7.19. The van der Waals surface area contributed by atoms with Crippen LogP contribution < -0.4 is 4.31 Å². The summed E-state index contributed by atoms with van der Waals surface area (Å²) in [5, 5.41) is -0.0669. The summed E-state index contributed by atoms with van der Waals surface area (Å²) in [6, 6.07) is 15.4. The molecule has 6 nitrogen and oxygen atoms in total. The Hall–Kier alpha value is -2.29. The molecule has 0 atom stereocenters. The first kappa shape index (κ1) is 19.5. The molecule has 0 amide bonds. The molecular formula is C18H16ClNO5S2. The molecule has 0 aliphatic heterocycles. The van der Waals surface area contributed by atoms with Gasteiger partial charge in [0.1, 0.15) is 10.7 Å². The largest absolute Gasteiger partial charge is 0.467 e. The summed E-state index contributed by atoms with van der Waals surface area (Å²) in [5.74, 6) is 0.429. The number of rotatable bonds is 6. The molecule has 0 fully saturated rings. The van der Waals surface area contributed by atoms with E-state index in [2.05, 4.69) is 0 Å². The first-order valence-electron chi connectivity index (χ1n) is 7.79. The van der Waals surface area contributed by atoms with Crippen LogP contribution >= 0.6 is 11.6 Å². The molecule has 0 N–H and O–H groups in total. The van der Waals surface area contributed by atoms with Gasteiger partial charge in [0.05, 0.1) is 28.4 Å². The maximum atomic E-state index is 13.4. The highest BCUT2D eigenvalue weighted by Crippen LogP contribution is 2.31. The van der Waals surface area contributed by atoms with Crippen molar-refractivity contribution in [1.29, 1.82) is 0 Å². The van der Waals surface area contributed by atoms with Gasteiger partial charge in [-0.05, 0) is 42.5 Å². The van der Waals surface area contributed by atoms with E-state index in [-0.39, 0.29) is 21.4 Å². The summed E-state index contributed by atoms with van der Waals surface area (Å²) in [6.07, 6.45) is 2.45. The molecule has 27 heavy (non-hydrogen) atoms. The van der Waals surface area contributed by atoms with Gasteiger partial charge in [0.15, 0.2) is 9.84 Å². The van der Waals surface area contributed by atoms with Gasteiger partial charge in [0.2, 0.25) is 0 Å². The highest BCUT2D eigenvalue weighted by atomic mass is 35.5. The Bertz CT molecular complexity index is 1140. The van der Waals surface area contributed by atoms with Crippen molar-refractivity contribution in [3.8, 4) is 0 Å². The van der Waals surface area contributed by atoms with E-state index in [0.29, 0.717) is 11.4 Å². The quantitative estimate of drug-likeness (QED) is 0.600. The molecule has 0 unspecified atom stereocenters. The summed E-state index contributed by atoms with van der Waals surface area (Å²) in [5.41, 5.74) is 0.398. The second-order valence-electron chi connectivity index (χ2n) is 5.79. The van der Waals surface area contributed by atoms with E-state index in [9.17, 15) is 16.8 Å². The minimum atomic E-state index is -4.17. The normalized spacial score (nSPS) is 12.1. The fourth-order valence-electron chi connectivity index (χ4n) is 2.48. The Morgan fingerprint density at radius 2 is 1.67 bits per heavy atom. The molecule has 0 aliphatic rings. The van der Waals surface area contributed by atoms with Crippen molar-refractivity contribution < 1.29 is 21.3 Å². The van der Waals surface area contributed by atoms with Crippen LogP contribution in [0.5, 0.6) is 0 Å². The molecule has 1 aromatic heterocycles. The zero-order valence-corrected chi connectivity index (χ0v) is 16.6. The summed E-state index contributed by atoms with van der Waals surface area (Å²) >= 11 is 6.12. The number of para-hydroxylation sites is 1. The number of hydrogen-bond donors (Lipinski definition) is 0. The Kier molecular flexibility index (Phi) is 5.32. The minimum Gasteiger partial charge on any atom is -0.467 e. The van der Waals surface area contributed by atoms with Crippen LogP contribution in [0.25, 0.3) is 0 Å². The highest BCUT2D eigenvalue weighted by molar-refractivity contribution is 7.93. The molecule has 1 heterocycles. The summed E-state index contributed by atoms with van der Waals surface area (Å²) in [4.78, 5) is -0.418. The summed E-state index contributed by atoms with van der Waals surface area (Å²) in [7, 11) is -7.77. The molecule has 3 aromatic rings. The van der Waals surface area contributed by atoms with Crippen molar-refractivity contribution in [3.63, 3.8) is 0 Å². The first-order valence-corrected chi connectivity index (χ1v) is 11.5. The maximum absolute atomic E-state index is 13.4. The Balaban J connectivity index is 2.16. The van der Waals surface area contributed by atoms with Crippen molar-refractivity contribution in [2.24, 2.45) is 0 Å². The van der Waals surface area contributed by atoms with Crippen molar-refractivity contribution >= 4 is 37.1 Å². The van der Waals surface area contributed by atoms with Gasteiger partial charge in [-0.15, -0.1) is 0 Å². The van der Waals surface area contributed by atoms with Gasteiger partial charge in [-0.1, -0.05) is 29.8 Å². The second kappa shape index (κ2) is 7.38. The number of benzene rings is 2. The predicted molar refractivity (Wildman–Crippen MR) is 103 cm³/mol. The van der Waals surface area contributed by atoms with E-state index < -0.39 is 19.9 Å². The molecule has 0 bridgehead atoms. The number of halogens is 1. The zero-order chi connectivity index (χ0) is 19.7.